The Kier molecular flexibility index (Phi) is 2.99. The second kappa shape index (κ2) is 4.67. The van der Waals surface area contributed by atoms with Gasteiger partial charge in [-0.3, -0.25) is 0 Å². The van der Waals surface area contributed by atoms with Crippen LogP contribution in [-0.2, 0) is 0 Å². The average molecular weight is 269 g/mol. The van der Waals surface area contributed by atoms with Crippen molar-refractivity contribution in [1.82, 2.24) is 4.98 Å². The highest BCUT2D eigenvalue weighted by Gasteiger charge is 2.04. The molecule has 0 amide bonds. The molecule has 0 aliphatic carbocycles. The molecular weight excluding hydrogens is 254 g/mol. The predicted octanol–water partition coefficient (Wildman–Crippen LogP) is 4.98. The van der Waals surface area contributed by atoms with Gasteiger partial charge in [0.2, 0.25) is 0 Å². The Bertz CT molecular complexity index is 725. The van der Waals surface area contributed by atoms with E-state index in [2.05, 4.69) is 31.0 Å². The van der Waals surface area contributed by atoms with E-state index in [1.54, 1.807) is 11.3 Å². The van der Waals surface area contributed by atoms with Gasteiger partial charge < -0.3 is 4.42 Å². The van der Waals surface area contributed by atoms with Crippen LogP contribution in [0.15, 0.2) is 28.7 Å². The molecule has 0 aliphatic rings. The third-order valence-electron chi connectivity index (χ3n) is 3.17. The van der Waals surface area contributed by atoms with Crippen LogP contribution < -0.4 is 0 Å². The van der Waals surface area contributed by atoms with Gasteiger partial charge in [-0.1, -0.05) is 0 Å². The van der Waals surface area contributed by atoms with Gasteiger partial charge in [0.05, 0.1) is 10.2 Å². The fourth-order valence-electron chi connectivity index (χ4n) is 1.97. The molecular formula is C16H15NOS. The molecule has 0 saturated carbocycles. The zero-order valence-electron chi connectivity index (χ0n) is 11.2. The normalized spacial score (nSPS) is 11.7. The first-order valence-electron chi connectivity index (χ1n) is 6.24. The summed E-state index contributed by atoms with van der Waals surface area (Å²) in [6.07, 6.45) is 3.97. The standard InChI is InChI=1S/C16H15NOS/c1-10-8-14-15(9-11(10)2)19-16(17-14)7-6-13-5-4-12(3)18-13/h4-9H,1-3H3. The average Bonchev–Trinajstić information content (AvgIpc) is 2.93. The van der Waals surface area contributed by atoms with Crippen molar-refractivity contribution in [3.8, 4) is 0 Å². The smallest absolute Gasteiger partial charge is 0.127 e. The summed E-state index contributed by atoms with van der Waals surface area (Å²) in [6, 6.07) is 8.28. The summed E-state index contributed by atoms with van der Waals surface area (Å²) < 4.78 is 6.74. The topological polar surface area (TPSA) is 26.0 Å². The van der Waals surface area contributed by atoms with Crippen LogP contribution in [0.3, 0.4) is 0 Å². The molecule has 0 bridgehead atoms. The summed E-state index contributed by atoms with van der Waals surface area (Å²) in [5, 5.41) is 1.01. The molecule has 0 atom stereocenters. The van der Waals surface area contributed by atoms with Crippen molar-refractivity contribution < 1.29 is 4.42 Å². The molecule has 3 aromatic rings. The lowest BCUT2D eigenvalue weighted by molar-refractivity contribution is 0.525. The maximum atomic E-state index is 5.51. The third kappa shape index (κ3) is 2.47. The summed E-state index contributed by atoms with van der Waals surface area (Å²) in [6.45, 7) is 6.20. The van der Waals surface area contributed by atoms with Crippen molar-refractivity contribution in [2.24, 2.45) is 0 Å². The molecule has 0 N–H and O–H groups in total. The van der Waals surface area contributed by atoms with E-state index >= 15 is 0 Å². The third-order valence-corrected chi connectivity index (χ3v) is 4.16. The largest absolute Gasteiger partial charge is 0.462 e. The number of thiazole rings is 1. The lowest BCUT2D eigenvalue weighted by atomic mass is 10.1. The molecule has 3 rings (SSSR count). The number of benzene rings is 1. The van der Waals surface area contributed by atoms with E-state index in [1.807, 2.05) is 31.2 Å². The fourth-order valence-corrected chi connectivity index (χ4v) is 2.92. The number of hydrogen-bond donors (Lipinski definition) is 0. The Hall–Kier alpha value is -1.87. The van der Waals surface area contributed by atoms with Gasteiger partial charge in [-0.15, -0.1) is 11.3 Å². The van der Waals surface area contributed by atoms with Gasteiger partial charge in [0.1, 0.15) is 16.5 Å². The van der Waals surface area contributed by atoms with Crippen molar-refractivity contribution >= 4 is 33.7 Å². The molecule has 1 aromatic carbocycles. The molecule has 0 aliphatic heterocycles. The van der Waals surface area contributed by atoms with E-state index < -0.39 is 0 Å². The number of furan rings is 1. The Morgan fingerprint density at radius 2 is 1.84 bits per heavy atom. The summed E-state index contributed by atoms with van der Waals surface area (Å²) in [5.74, 6) is 1.79. The first kappa shape index (κ1) is 12.2. The van der Waals surface area contributed by atoms with Gasteiger partial charge in [0.25, 0.3) is 0 Å². The Morgan fingerprint density at radius 1 is 1.05 bits per heavy atom. The van der Waals surface area contributed by atoms with Crippen LogP contribution in [0.1, 0.15) is 27.7 Å². The van der Waals surface area contributed by atoms with E-state index in [0.717, 1.165) is 22.0 Å². The van der Waals surface area contributed by atoms with Crippen LogP contribution in [0.4, 0.5) is 0 Å². The highest BCUT2D eigenvalue weighted by Crippen LogP contribution is 2.26. The van der Waals surface area contributed by atoms with Gasteiger partial charge in [-0.25, -0.2) is 4.98 Å². The van der Waals surface area contributed by atoms with E-state index in [4.69, 9.17) is 4.42 Å². The van der Waals surface area contributed by atoms with Gasteiger partial charge in [0.15, 0.2) is 0 Å². The van der Waals surface area contributed by atoms with Crippen LogP contribution in [0.2, 0.25) is 0 Å². The number of hydrogen-bond acceptors (Lipinski definition) is 3. The molecule has 2 nitrogen and oxygen atoms in total. The lowest BCUT2D eigenvalue weighted by Gasteiger charge is -1.96. The predicted molar refractivity (Wildman–Crippen MR) is 81.5 cm³/mol. The van der Waals surface area contributed by atoms with E-state index in [-0.39, 0.29) is 0 Å². The Labute approximate surface area is 116 Å². The number of nitrogens with zero attached hydrogens (tertiary/aromatic N) is 1. The van der Waals surface area contributed by atoms with E-state index in [0.29, 0.717) is 0 Å². The van der Waals surface area contributed by atoms with Crippen LogP contribution in [0, 0.1) is 20.8 Å². The second-order valence-electron chi connectivity index (χ2n) is 4.74. The molecule has 0 unspecified atom stereocenters. The van der Waals surface area contributed by atoms with Gasteiger partial charge >= 0.3 is 0 Å². The fraction of sp³-hybridized carbons (Fsp3) is 0.188. The monoisotopic (exact) mass is 269 g/mol. The van der Waals surface area contributed by atoms with Crippen LogP contribution >= 0.6 is 11.3 Å². The van der Waals surface area contributed by atoms with Crippen molar-refractivity contribution in [3.63, 3.8) is 0 Å². The van der Waals surface area contributed by atoms with Crippen molar-refractivity contribution in [2.45, 2.75) is 20.8 Å². The molecule has 0 saturated heterocycles. The number of aryl methyl sites for hydroxylation is 3. The van der Waals surface area contributed by atoms with Gasteiger partial charge in [-0.2, -0.15) is 0 Å². The molecule has 19 heavy (non-hydrogen) atoms. The van der Waals surface area contributed by atoms with Crippen LogP contribution in [0.5, 0.6) is 0 Å². The zero-order valence-corrected chi connectivity index (χ0v) is 12.0. The van der Waals surface area contributed by atoms with Gasteiger partial charge in [0, 0.05) is 0 Å². The van der Waals surface area contributed by atoms with E-state index in [9.17, 15) is 0 Å². The SMILES string of the molecule is Cc1ccc(C=Cc2nc3cc(C)c(C)cc3s2)o1. The number of aromatic nitrogens is 1. The van der Waals surface area contributed by atoms with Crippen molar-refractivity contribution in [1.29, 1.82) is 0 Å². The molecule has 3 heteroatoms. The quantitative estimate of drug-likeness (QED) is 0.655. The zero-order chi connectivity index (χ0) is 13.4. The minimum atomic E-state index is 0.865. The summed E-state index contributed by atoms with van der Waals surface area (Å²) in [4.78, 5) is 4.63. The van der Waals surface area contributed by atoms with E-state index in [1.165, 1.54) is 15.8 Å². The van der Waals surface area contributed by atoms with Crippen LogP contribution in [0.25, 0.3) is 22.4 Å². The molecule has 2 heterocycles. The highest BCUT2D eigenvalue weighted by molar-refractivity contribution is 7.19. The van der Waals surface area contributed by atoms with Crippen molar-refractivity contribution in [2.75, 3.05) is 0 Å². The lowest BCUT2D eigenvalue weighted by Crippen LogP contribution is -1.79. The second-order valence-corrected chi connectivity index (χ2v) is 5.80. The molecule has 0 fully saturated rings. The molecule has 2 aromatic heterocycles. The maximum absolute atomic E-state index is 5.51. The molecule has 0 radical (unpaired) electrons. The Balaban J connectivity index is 1.95. The van der Waals surface area contributed by atoms with Gasteiger partial charge in [-0.05, 0) is 68.3 Å². The highest BCUT2D eigenvalue weighted by atomic mass is 32.1. The first-order chi connectivity index (χ1) is 9.11. The Morgan fingerprint density at radius 3 is 2.58 bits per heavy atom. The van der Waals surface area contributed by atoms with Crippen LogP contribution in [-0.4, -0.2) is 4.98 Å². The van der Waals surface area contributed by atoms with Crippen molar-refractivity contribution in [3.05, 3.63) is 51.9 Å². The summed E-state index contributed by atoms with van der Waals surface area (Å²) in [7, 11) is 0. The number of fused-ring (bicyclic) bond motifs is 1. The molecule has 96 valence electrons. The first-order valence-corrected chi connectivity index (χ1v) is 7.06. The minimum absolute atomic E-state index is 0.865. The maximum Gasteiger partial charge on any atom is 0.127 e. The minimum Gasteiger partial charge on any atom is -0.462 e. The summed E-state index contributed by atoms with van der Waals surface area (Å²) >= 11 is 1.71. The number of rotatable bonds is 2. The summed E-state index contributed by atoms with van der Waals surface area (Å²) in [5.41, 5.74) is 3.67. The molecule has 0 spiro atoms.